The van der Waals surface area contributed by atoms with Gasteiger partial charge < -0.3 is 15.0 Å². The number of hydrogen-bond acceptors (Lipinski definition) is 5. The number of rotatable bonds is 5. The third-order valence-electron chi connectivity index (χ3n) is 2.59. The summed E-state index contributed by atoms with van der Waals surface area (Å²) in [5.74, 6) is 0.657. The third kappa shape index (κ3) is 3.56. The van der Waals surface area contributed by atoms with Crippen LogP contribution in [-0.4, -0.2) is 26.2 Å². The zero-order chi connectivity index (χ0) is 14.7. The Balaban J connectivity index is 2.16. The molecule has 0 spiro atoms. The fourth-order valence-electron chi connectivity index (χ4n) is 1.60. The molecule has 0 bridgehead atoms. The zero-order valence-electron chi connectivity index (χ0n) is 11.4. The molecule has 0 atom stereocenters. The standard InChI is InChI=1S/C13H15BrClN3OS/c1-18(2)13-17-12(19-3)11(20-13)7-16-10-6-8(15)4-5-9(10)14/h4-6,16H,7H2,1-3H3. The van der Waals surface area contributed by atoms with Crippen molar-refractivity contribution in [2.24, 2.45) is 0 Å². The van der Waals surface area contributed by atoms with Crippen molar-refractivity contribution in [2.45, 2.75) is 6.54 Å². The number of benzene rings is 1. The molecule has 20 heavy (non-hydrogen) atoms. The monoisotopic (exact) mass is 375 g/mol. The molecule has 0 amide bonds. The summed E-state index contributed by atoms with van der Waals surface area (Å²) >= 11 is 11.1. The number of methoxy groups -OCH3 is 1. The summed E-state index contributed by atoms with van der Waals surface area (Å²) in [6.07, 6.45) is 0. The van der Waals surface area contributed by atoms with Gasteiger partial charge >= 0.3 is 0 Å². The van der Waals surface area contributed by atoms with E-state index in [9.17, 15) is 0 Å². The molecule has 0 saturated heterocycles. The first-order chi connectivity index (χ1) is 9.51. The first-order valence-corrected chi connectivity index (χ1v) is 7.90. The quantitative estimate of drug-likeness (QED) is 0.846. The molecule has 0 saturated carbocycles. The molecule has 0 fully saturated rings. The number of hydrogen-bond donors (Lipinski definition) is 1. The Kier molecular flexibility index (Phi) is 5.12. The van der Waals surface area contributed by atoms with Gasteiger partial charge in [0.05, 0.1) is 24.2 Å². The molecule has 1 aromatic carbocycles. The highest BCUT2D eigenvalue weighted by molar-refractivity contribution is 9.10. The minimum Gasteiger partial charge on any atom is -0.480 e. The fraction of sp³-hybridized carbons (Fsp3) is 0.308. The van der Waals surface area contributed by atoms with Gasteiger partial charge in [-0.3, -0.25) is 0 Å². The van der Waals surface area contributed by atoms with Gasteiger partial charge in [0.25, 0.3) is 0 Å². The number of thiazole rings is 1. The molecule has 108 valence electrons. The summed E-state index contributed by atoms with van der Waals surface area (Å²) in [6.45, 7) is 0.633. The minimum absolute atomic E-state index is 0.633. The van der Waals surface area contributed by atoms with Crippen molar-refractivity contribution in [3.05, 3.63) is 32.6 Å². The van der Waals surface area contributed by atoms with Crippen LogP contribution in [0.4, 0.5) is 10.8 Å². The van der Waals surface area contributed by atoms with Crippen LogP contribution in [0.1, 0.15) is 4.88 Å². The van der Waals surface area contributed by atoms with E-state index in [-0.39, 0.29) is 0 Å². The lowest BCUT2D eigenvalue weighted by Gasteiger charge is -2.08. The van der Waals surface area contributed by atoms with E-state index in [0.717, 1.165) is 20.2 Å². The Bertz CT molecular complexity index is 603. The SMILES string of the molecule is COc1nc(N(C)C)sc1CNc1cc(Cl)ccc1Br. The highest BCUT2D eigenvalue weighted by Crippen LogP contribution is 2.32. The number of nitrogens with one attached hydrogen (secondary N) is 1. The van der Waals surface area contributed by atoms with Gasteiger partial charge in [-0.05, 0) is 34.1 Å². The summed E-state index contributed by atoms with van der Waals surface area (Å²) in [4.78, 5) is 7.43. The molecule has 4 nitrogen and oxygen atoms in total. The Morgan fingerprint density at radius 3 is 2.85 bits per heavy atom. The smallest absolute Gasteiger partial charge is 0.231 e. The van der Waals surface area contributed by atoms with Crippen molar-refractivity contribution in [3.63, 3.8) is 0 Å². The van der Waals surface area contributed by atoms with Crippen molar-refractivity contribution >= 4 is 49.7 Å². The lowest BCUT2D eigenvalue weighted by molar-refractivity contribution is 0.397. The molecule has 1 aromatic heterocycles. The molecule has 0 radical (unpaired) electrons. The molecule has 1 N–H and O–H groups in total. The van der Waals surface area contributed by atoms with Crippen molar-refractivity contribution in [1.29, 1.82) is 0 Å². The first-order valence-electron chi connectivity index (χ1n) is 5.91. The first kappa shape index (κ1) is 15.4. The minimum atomic E-state index is 0.633. The van der Waals surface area contributed by atoms with E-state index in [2.05, 4.69) is 26.2 Å². The van der Waals surface area contributed by atoms with Crippen LogP contribution in [0.2, 0.25) is 5.02 Å². The number of halogens is 2. The summed E-state index contributed by atoms with van der Waals surface area (Å²) in [5.41, 5.74) is 0.944. The molecular weight excluding hydrogens is 362 g/mol. The molecule has 7 heteroatoms. The van der Waals surface area contributed by atoms with Gasteiger partial charge in [-0.1, -0.05) is 22.9 Å². The highest BCUT2D eigenvalue weighted by Gasteiger charge is 2.13. The second kappa shape index (κ2) is 6.65. The van der Waals surface area contributed by atoms with Crippen molar-refractivity contribution in [3.8, 4) is 5.88 Å². The Morgan fingerprint density at radius 1 is 1.45 bits per heavy atom. The van der Waals surface area contributed by atoms with E-state index in [4.69, 9.17) is 16.3 Å². The van der Waals surface area contributed by atoms with Gasteiger partial charge in [-0.25, -0.2) is 0 Å². The number of aromatic nitrogens is 1. The molecule has 1 heterocycles. The molecular formula is C13H15BrClN3OS. The molecule has 2 rings (SSSR count). The third-order valence-corrected chi connectivity index (χ3v) is 4.72. The van der Waals surface area contributed by atoms with E-state index in [0.29, 0.717) is 17.4 Å². The normalized spacial score (nSPS) is 10.4. The van der Waals surface area contributed by atoms with Crippen LogP contribution in [0.5, 0.6) is 5.88 Å². The zero-order valence-corrected chi connectivity index (χ0v) is 14.6. The predicted molar refractivity (Wildman–Crippen MR) is 89.5 cm³/mol. The van der Waals surface area contributed by atoms with Gasteiger partial charge in [0.15, 0.2) is 5.13 Å². The van der Waals surface area contributed by atoms with Crippen molar-refractivity contribution in [1.82, 2.24) is 4.98 Å². The van der Waals surface area contributed by atoms with E-state index in [1.807, 2.05) is 37.2 Å². The maximum absolute atomic E-state index is 6.00. The highest BCUT2D eigenvalue weighted by atomic mass is 79.9. The second-order valence-corrected chi connectivity index (χ2v) is 6.65. The van der Waals surface area contributed by atoms with Gasteiger partial charge in [-0.2, -0.15) is 4.98 Å². The van der Waals surface area contributed by atoms with Crippen LogP contribution in [-0.2, 0) is 6.54 Å². The van der Waals surface area contributed by atoms with Crippen LogP contribution in [0, 0.1) is 0 Å². The Morgan fingerprint density at radius 2 is 2.20 bits per heavy atom. The summed E-state index contributed by atoms with van der Waals surface area (Å²) in [6, 6.07) is 5.64. The fourth-order valence-corrected chi connectivity index (χ4v) is 3.05. The van der Waals surface area contributed by atoms with E-state index in [1.54, 1.807) is 18.4 Å². The van der Waals surface area contributed by atoms with Crippen LogP contribution in [0.3, 0.4) is 0 Å². The van der Waals surface area contributed by atoms with Crippen LogP contribution < -0.4 is 15.0 Å². The Hall–Kier alpha value is -0.980. The topological polar surface area (TPSA) is 37.4 Å². The van der Waals surface area contributed by atoms with Gasteiger partial charge in [0, 0.05) is 23.6 Å². The molecule has 0 unspecified atom stereocenters. The largest absolute Gasteiger partial charge is 0.480 e. The molecule has 0 aliphatic rings. The lowest BCUT2D eigenvalue weighted by Crippen LogP contribution is -2.07. The van der Waals surface area contributed by atoms with E-state index >= 15 is 0 Å². The van der Waals surface area contributed by atoms with Crippen molar-refractivity contribution in [2.75, 3.05) is 31.4 Å². The summed E-state index contributed by atoms with van der Waals surface area (Å²) in [7, 11) is 5.55. The summed E-state index contributed by atoms with van der Waals surface area (Å²) < 4.78 is 6.28. The predicted octanol–water partition coefficient (Wildman–Crippen LogP) is 4.25. The molecule has 0 aliphatic carbocycles. The van der Waals surface area contributed by atoms with Crippen LogP contribution in [0.15, 0.2) is 22.7 Å². The van der Waals surface area contributed by atoms with Crippen LogP contribution >= 0.6 is 38.9 Å². The lowest BCUT2D eigenvalue weighted by atomic mass is 10.3. The average molecular weight is 377 g/mol. The van der Waals surface area contributed by atoms with Gasteiger partial charge in [-0.15, -0.1) is 0 Å². The Labute approximate surface area is 135 Å². The molecule has 2 aromatic rings. The second-order valence-electron chi connectivity index (χ2n) is 4.30. The number of nitrogens with zero attached hydrogens (tertiary/aromatic N) is 2. The van der Waals surface area contributed by atoms with Crippen LogP contribution in [0.25, 0.3) is 0 Å². The van der Waals surface area contributed by atoms with Gasteiger partial charge in [0.1, 0.15) is 0 Å². The van der Waals surface area contributed by atoms with E-state index in [1.165, 1.54) is 0 Å². The number of anilines is 2. The number of ether oxygens (including phenoxy) is 1. The maximum atomic E-state index is 6.00. The van der Waals surface area contributed by atoms with E-state index < -0.39 is 0 Å². The maximum Gasteiger partial charge on any atom is 0.231 e. The van der Waals surface area contributed by atoms with Crippen molar-refractivity contribution < 1.29 is 4.74 Å². The molecule has 0 aliphatic heterocycles. The average Bonchev–Trinajstić information content (AvgIpc) is 2.83. The van der Waals surface area contributed by atoms with Gasteiger partial charge in [0.2, 0.25) is 5.88 Å². The summed E-state index contributed by atoms with van der Waals surface area (Å²) in [5, 5.41) is 4.95.